The third kappa shape index (κ3) is 3.61. The summed E-state index contributed by atoms with van der Waals surface area (Å²) in [6, 6.07) is 0. The number of rotatable bonds is 6. The highest BCUT2D eigenvalue weighted by Crippen LogP contribution is 2.17. The van der Waals surface area contributed by atoms with Crippen LogP contribution in [0.3, 0.4) is 0 Å². The summed E-state index contributed by atoms with van der Waals surface area (Å²) in [7, 11) is 0. The number of halogens is 1. The van der Waals surface area contributed by atoms with Gasteiger partial charge in [0, 0.05) is 6.54 Å². The van der Waals surface area contributed by atoms with E-state index in [1.54, 1.807) is 6.20 Å². The van der Waals surface area contributed by atoms with Crippen LogP contribution in [0.15, 0.2) is 15.5 Å². The molecule has 0 fully saturated rings. The molecule has 1 heterocycles. The van der Waals surface area contributed by atoms with Crippen LogP contribution in [-0.4, -0.2) is 16.3 Å². The first-order valence-corrected chi connectivity index (χ1v) is 6.86. The van der Waals surface area contributed by atoms with E-state index in [9.17, 15) is 4.79 Å². The predicted molar refractivity (Wildman–Crippen MR) is 77.6 cm³/mol. The van der Waals surface area contributed by atoms with Gasteiger partial charge >= 0.3 is 0 Å². The van der Waals surface area contributed by atoms with E-state index < -0.39 is 0 Å². The summed E-state index contributed by atoms with van der Waals surface area (Å²) >= 11 is 3.29. The largest absolute Gasteiger partial charge is 0.382 e. The van der Waals surface area contributed by atoms with Crippen LogP contribution in [0.25, 0.3) is 0 Å². The van der Waals surface area contributed by atoms with Crippen molar-refractivity contribution in [2.75, 3.05) is 11.9 Å². The Bertz CT molecular complexity index is 486. The van der Waals surface area contributed by atoms with Crippen LogP contribution >= 0.6 is 15.9 Å². The zero-order chi connectivity index (χ0) is 13.5. The minimum absolute atomic E-state index is 0.185. The lowest BCUT2D eigenvalue weighted by Crippen LogP contribution is -2.25. The molecule has 0 saturated heterocycles. The van der Waals surface area contributed by atoms with Crippen LogP contribution in [0.1, 0.15) is 26.7 Å². The van der Waals surface area contributed by atoms with E-state index >= 15 is 0 Å². The molecule has 1 aromatic rings. The molecule has 18 heavy (non-hydrogen) atoms. The first kappa shape index (κ1) is 14.8. The van der Waals surface area contributed by atoms with Gasteiger partial charge in [-0.25, -0.2) is 4.68 Å². The van der Waals surface area contributed by atoms with Crippen LogP contribution in [0, 0.1) is 18.3 Å². The Labute approximate surface area is 116 Å². The highest BCUT2D eigenvalue weighted by Gasteiger charge is 2.09. The summed E-state index contributed by atoms with van der Waals surface area (Å²) in [5, 5.41) is 7.28. The van der Waals surface area contributed by atoms with Crippen molar-refractivity contribution >= 4 is 21.6 Å². The number of anilines is 1. The van der Waals surface area contributed by atoms with E-state index in [4.69, 9.17) is 6.42 Å². The van der Waals surface area contributed by atoms with Gasteiger partial charge in [0.1, 0.15) is 11.0 Å². The van der Waals surface area contributed by atoms with Crippen LogP contribution in [0.5, 0.6) is 0 Å². The number of hydrogen-bond donors (Lipinski definition) is 1. The van der Waals surface area contributed by atoms with Crippen LogP contribution in [0.2, 0.25) is 0 Å². The van der Waals surface area contributed by atoms with Crippen molar-refractivity contribution in [1.82, 2.24) is 9.78 Å². The van der Waals surface area contributed by atoms with Gasteiger partial charge in [0.15, 0.2) is 0 Å². The second kappa shape index (κ2) is 7.22. The topological polar surface area (TPSA) is 46.9 Å². The van der Waals surface area contributed by atoms with Gasteiger partial charge in [0.2, 0.25) is 0 Å². The number of hydrogen-bond acceptors (Lipinski definition) is 3. The molecule has 98 valence electrons. The van der Waals surface area contributed by atoms with Crippen LogP contribution in [-0.2, 0) is 6.54 Å². The average molecular weight is 312 g/mol. The second-order valence-corrected chi connectivity index (χ2v) is 4.90. The van der Waals surface area contributed by atoms with Crippen molar-refractivity contribution in [3.63, 3.8) is 0 Å². The molecule has 0 radical (unpaired) electrons. The van der Waals surface area contributed by atoms with Crippen molar-refractivity contribution in [2.24, 2.45) is 5.92 Å². The van der Waals surface area contributed by atoms with Gasteiger partial charge in [-0.15, -0.1) is 6.42 Å². The summed E-state index contributed by atoms with van der Waals surface area (Å²) in [5.74, 6) is 3.00. The zero-order valence-corrected chi connectivity index (χ0v) is 12.3. The van der Waals surface area contributed by atoms with Crippen molar-refractivity contribution in [2.45, 2.75) is 33.2 Å². The van der Waals surface area contributed by atoms with Crippen LogP contribution in [0.4, 0.5) is 5.69 Å². The normalized spacial score (nSPS) is 10.4. The fourth-order valence-corrected chi connectivity index (χ4v) is 2.07. The summed E-state index contributed by atoms with van der Waals surface area (Å²) in [6.07, 6.45) is 9.03. The van der Waals surface area contributed by atoms with E-state index in [0.717, 1.165) is 25.1 Å². The third-order valence-corrected chi connectivity index (χ3v) is 3.73. The van der Waals surface area contributed by atoms with Crippen LogP contribution < -0.4 is 10.9 Å². The number of aromatic nitrogens is 2. The molecule has 1 rings (SSSR count). The minimum atomic E-state index is -0.206. The number of nitrogens with one attached hydrogen (secondary N) is 1. The molecule has 0 aliphatic heterocycles. The number of nitrogens with zero attached hydrogens (tertiary/aromatic N) is 2. The molecule has 0 atom stereocenters. The second-order valence-electron chi connectivity index (χ2n) is 4.10. The molecular formula is C13H18BrN3O. The highest BCUT2D eigenvalue weighted by molar-refractivity contribution is 9.10. The van der Waals surface area contributed by atoms with E-state index in [0.29, 0.717) is 10.4 Å². The van der Waals surface area contributed by atoms with E-state index in [1.807, 2.05) is 0 Å². The van der Waals surface area contributed by atoms with Gasteiger partial charge in [-0.05, 0) is 21.8 Å². The lowest BCUT2D eigenvalue weighted by molar-refractivity contribution is 0.518. The molecule has 0 aliphatic carbocycles. The molecular weight excluding hydrogens is 294 g/mol. The summed E-state index contributed by atoms with van der Waals surface area (Å²) in [6.45, 7) is 5.35. The van der Waals surface area contributed by atoms with Gasteiger partial charge < -0.3 is 5.32 Å². The van der Waals surface area contributed by atoms with Crippen molar-refractivity contribution in [3.8, 4) is 12.3 Å². The van der Waals surface area contributed by atoms with Gasteiger partial charge in [-0.1, -0.05) is 32.6 Å². The van der Waals surface area contributed by atoms with E-state index in [-0.39, 0.29) is 12.1 Å². The molecule has 0 unspecified atom stereocenters. The standard InChI is InChI=1S/C13H18BrN3O/c1-4-7-17-13(18)12(14)11(9-16-17)15-8-10(5-2)6-3/h1,9-10,15H,5-8H2,2-3H3. The maximum atomic E-state index is 11.9. The smallest absolute Gasteiger partial charge is 0.284 e. The molecule has 4 nitrogen and oxygen atoms in total. The van der Waals surface area contributed by atoms with Gasteiger partial charge in [-0.3, -0.25) is 4.79 Å². The Morgan fingerprint density at radius 1 is 1.56 bits per heavy atom. The van der Waals surface area contributed by atoms with Crippen molar-refractivity contribution < 1.29 is 0 Å². The Morgan fingerprint density at radius 3 is 2.78 bits per heavy atom. The molecule has 0 spiro atoms. The third-order valence-electron chi connectivity index (χ3n) is 2.96. The molecule has 0 amide bonds. The molecule has 0 bridgehead atoms. The lowest BCUT2D eigenvalue weighted by atomic mass is 10.0. The number of terminal acetylenes is 1. The Morgan fingerprint density at radius 2 is 2.22 bits per heavy atom. The van der Waals surface area contributed by atoms with Crippen molar-refractivity contribution in [1.29, 1.82) is 0 Å². The highest BCUT2D eigenvalue weighted by atomic mass is 79.9. The van der Waals surface area contributed by atoms with Crippen molar-refractivity contribution in [3.05, 3.63) is 21.0 Å². The monoisotopic (exact) mass is 311 g/mol. The first-order chi connectivity index (χ1) is 8.63. The first-order valence-electron chi connectivity index (χ1n) is 6.06. The van der Waals surface area contributed by atoms with Gasteiger partial charge in [0.05, 0.1) is 11.9 Å². The summed E-state index contributed by atoms with van der Waals surface area (Å²) < 4.78 is 1.74. The Kier molecular flexibility index (Phi) is 5.93. The van der Waals surface area contributed by atoms with E-state index in [1.165, 1.54) is 4.68 Å². The Balaban J connectivity index is 2.83. The zero-order valence-electron chi connectivity index (χ0n) is 10.7. The average Bonchev–Trinajstić information content (AvgIpc) is 2.38. The minimum Gasteiger partial charge on any atom is -0.382 e. The fourth-order valence-electron chi connectivity index (χ4n) is 1.62. The fraction of sp³-hybridized carbons (Fsp3) is 0.538. The summed E-state index contributed by atoms with van der Waals surface area (Å²) in [5.41, 5.74) is 0.516. The van der Waals surface area contributed by atoms with E-state index in [2.05, 4.69) is 46.1 Å². The quantitative estimate of drug-likeness (QED) is 0.821. The molecule has 1 N–H and O–H groups in total. The molecule has 0 aromatic carbocycles. The van der Waals surface area contributed by atoms with Gasteiger partial charge in [0.25, 0.3) is 5.56 Å². The predicted octanol–water partition coefficient (Wildman–Crippen LogP) is 2.49. The Hall–Kier alpha value is -1.28. The maximum Gasteiger partial charge on any atom is 0.284 e. The summed E-state index contributed by atoms with van der Waals surface area (Å²) in [4.78, 5) is 11.9. The molecule has 1 aromatic heterocycles. The molecule has 5 heteroatoms. The van der Waals surface area contributed by atoms with Gasteiger partial charge in [-0.2, -0.15) is 5.10 Å². The SMILES string of the molecule is C#CCn1ncc(NCC(CC)CC)c(Br)c1=O. The molecule has 0 saturated carbocycles. The maximum absolute atomic E-state index is 11.9. The lowest BCUT2D eigenvalue weighted by Gasteiger charge is -2.15. The molecule has 0 aliphatic rings.